The predicted molar refractivity (Wildman–Crippen MR) is 154 cm³/mol. The fourth-order valence-corrected chi connectivity index (χ4v) is 6.63. The lowest BCUT2D eigenvalue weighted by Crippen LogP contribution is -2.40. The Kier molecular flexibility index (Phi) is 8.54. The van der Waals surface area contributed by atoms with Gasteiger partial charge in [0.25, 0.3) is 5.56 Å². The van der Waals surface area contributed by atoms with Crippen molar-refractivity contribution in [1.29, 1.82) is 0 Å². The van der Waals surface area contributed by atoms with Gasteiger partial charge in [0.15, 0.2) is 10.6 Å². The minimum atomic E-state index is -0.698. The van der Waals surface area contributed by atoms with E-state index in [0.29, 0.717) is 42.3 Å². The zero-order valence-electron chi connectivity index (χ0n) is 21.5. The Morgan fingerprint density at radius 1 is 1.18 bits per heavy atom. The maximum Gasteiger partial charge on any atom is 0.338 e. The quantitative estimate of drug-likeness (QED) is 0.262. The molecule has 0 spiro atoms. The van der Waals surface area contributed by atoms with Crippen LogP contribution in [0.1, 0.15) is 63.3 Å². The van der Waals surface area contributed by atoms with Crippen LogP contribution in [0.4, 0.5) is 0 Å². The Bertz CT molecular complexity index is 1630. The molecule has 10 heteroatoms. The smallest absolute Gasteiger partial charge is 0.338 e. The zero-order chi connectivity index (χ0) is 27.7. The molecule has 7 nitrogen and oxygen atoms in total. The highest BCUT2D eigenvalue weighted by atomic mass is 79.9. The molecule has 0 amide bonds. The largest absolute Gasteiger partial charge is 0.463 e. The van der Waals surface area contributed by atoms with Gasteiger partial charge in [-0.2, -0.15) is 0 Å². The van der Waals surface area contributed by atoms with Crippen LogP contribution in [0.5, 0.6) is 5.75 Å². The highest BCUT2D eigenvalue weighted by molar-refractivity contribution is 9.11. The molecule has 1 aliphatic heterocycles. The first-order valence-corrected chi connectivity index (χ1v) is 14.4. The first-order valence-electron chi connectivity index (χ1n) is 12.0. The number of benzene rings is 2. The number of hydrogen-bond donors (Lipinski definition) is 0. The maximum absolute atomic E-state index is 13.9. The number of nitrogens with zero attached hydrogens (tertiary/aromatic N) is 2. The molecule has 0 saturated heterocycles. The zero-order valence-corrected chi connectivity index (χ0v) is 25.5. The molecule has 0 unspecified atom stereocenters. The minimum Gasteiger partial charge on any atom is -0.463 e. The van der Waals surface area contributed by atoms with Gasteiger partial charge in [0, 0.05) is 17.0 Å². The van der Waals surface area contributed by atoms with E-state index in [9.17, 15) is 14.4 Å². The van der Waals surface area contributed by atoms with Gasteiger partial charge in [-0.15, -0.1) is 0 Å². The second-order valence-electron chi connectivity index (χ2n) is 9.02. The van der Waals surface area contributed by atoms with Crippen LogP contribution in [0.25, 0.3) is 6.08 Å². The van der Waals surface area contributed by atoms with Crippen molar-refractivity contribution in [3.05, 3.63) is 93.0 Å². The number of carbonyl (C=O) groups excluding carboxylic acids is 2. The lowest BCUT2D eigenvalue weighted by molar-refractivity contribution is -0.139. The van der Waals surface area contributed by atoms with E-state index in [-0.39, 0.29) is 12.2 Å². The molecule has 0 fully saturated rings. The van der Waals surface area contributed by atoms with E-state index in [1.807, 2.05) is 24.3 Å². The standard InChI is InChI=1S/C28H26Br2N2O5S/c1-6-36-27(35)23-15(4)31-28-32(24(23)18-9-7-17(8-10-18)14(2)3)26(34)22(38-28)12-19-11-20(29)13-21(30)25(19)37-16(5)33/h7-14,24H,6H2,1-5H3/b22-12-/t24-/m1/s1. The van der Waals surface area contributed by atoms with Gasteiger partial charge in [-0.05, 0) is 65.0 Å². The molecule has 0 radical (unpaired) electrons. The third-order valence-corrected chi connectivity index (χ3v) is 8.04. The Balaban J connectivity index is 1.97. The number of hydrogen-bond acceptors (Lipinski definition) is 7. The lowest BCUT2D eigenvalue weighted by atomic mass is 9.93. The van der Waals surface area contributed by atoms with Crippen molar-refractivity contribution in [2.45, 2.75) is 46.6 Å². The monoisotopic (exact) mass is 660 g/mol. The lowest BCUT2D eigenvalue weighted by Gasteiger charge is -2.25. The molecule has 1 aromatic heterocycles. The molecule has 198 valence electrons. The van der Waals surface area contributed by atoms with Gasteiger partial charge < -0.3 is 9.47 Å². The number of rotatable bonds is 6. The molecule has 0 N–H and O–H groups in total. The number of carbonyl (C=O) groups is 2. The van der Waals surface area contributed by atoms with E-state index >= 15 is 0 Å². The highest BCUT2D eigenvalue weighted by Crippen LogP contribution is 2.34. The van der Waals surface area contributed by atoms with Crippen molar-refractivity contribution in [2.75, 3.05) is 6.61 Å². The third-order valence-electron chi connectivity index (χ3n) is 6.01. The van der Waals surface area contributed by atoms with Crippen LogP contribution in [0, 0.1) is 0 Å². The summed E-state index contributed by atoms with van der Waals surface area (Å²) in [6, 6.07) is 10.7. The second kappa shape index (κ2) is 11.5. The van der Waals surface area contributed by atoms with Gasteiger partial charge in [-0.1, -0.05) is 65.4 Å². The predicted octanol–water partition coefficient (Wildman–Crippen LogP) is 5.37. The first kappa shape index (κ1) is 28.2. The third kappa shape index (κ3) is 5.62. The average Bonchev–Trinajstić information content (AvgIpc) is 3.14. The van der Waals surface area contributed by atoms with Crippen molar-refractivity contribution in [3.63, 3.8) is 0 Å². The van der Waals surface area contributed by atoms with E-state index in [4.69, 9.17) is 9.47 Å². The first-order chi connectivity index (χ1) is 18.0. The summed E-state index contributed by atoms with van der Waals surface area (Å²) in [5.74, 6) is -0.350. The Morgan fingerprint density at radius 3 is 2.47 bits per heavy atom. The summed E-state index contributed by atoms with van der Waals surface area (Å²) >= 11 is 8.10. The number of fused-ring (bicyclic) bond motifs is 1. The number of thiazole rings is 1. The number of esters is 2. The normalized spacial score (nSPS) is 15.4. The summed E-state index contributed by atoms with van der Waals surface area (Å²) < 4.78 is 14.0. The Hall–Kier alpha value is -2.82. The second-order valence-corrected chi connectivity index (χ2v) is 11.8. The van der Waals surface area contributed by atoms with Gasteiger partial charge in [-0.3, -0.25) is 14.2 Å². The van der Waals surface area contributed by atoms with Crippen molar-refractivity contribution < 1.29 is 19.1 Å². The molecule has 0 saturated carbocycles. The summed E-state index contributed by atoms with van der Waals surface area (Å²) in [6.07, 6.45) is 1.67. The van der Waals surface area contributed by atoms with Gasteiger partial charge in [0.05, 0.1) is 32.9 Å². The van der Waals surface area contributed by atoms with E-state index in [0.717, 1.165) is 15.6 Å². The van der Waals surface area contributed by atoms with E-state index in [1.165, 1.54) is 18.3 Å². The maximum atomic E-state index is 13.9. The summed E-state index contributed by atoms with van der Waals surface area (Å²) in [5, 5.41) is 0. The van der Waals surface area contributed by atoms with Crippen LogP contribution in [0.3, 0.4) is 0 Å². The van der Waals surface area contributed by atoms with Crippen molar-refractivity contribution in [2.24, 2.45) is 4.99 Å². The molecule has 0 aliphatic carbocycles. The molecule has 2 heterocycles. The van der Waals surface area contributed by atoms with Crippen molar-refractivity contribution in [3.8, 4) is 5.75 Å². The molecule has 1 atom stereocenters. The molecular formula is C28H26Br2N2O5S. The molecule has 0 bridgehead atoms. The highest BCUT2D eigenvalue weighted by Gasteiger charge is 2.33. The van der Waals surface area contributed by atoms with Crippen LogP contribution in [-0.2, 0) is 14.3 Å². The van der Waals surface area contributed by atoms with E-state index < -0.39 is 18.0 Å². The number of halogens is 2. The summed E-state index contributed by atoms with van der Waals surface area (Å²) in [7, 11) is 0. The van der Waals surface area contributed by atoms with Crippen LogP contribution < -0.4 is 19.6 Å². The molecular weight excluding hydrogens is 636 g/mol. The minimum absolute atomic E-state index is 0.204. The van der Waals surface area contributed by atoms with Crippen molar-refractivity contribution >= 4 is 61.2 Å². The number of aromatic nitrogens is 1. The van der Waals surface area contributed by atoms with E-state index in [2.05, 4.69) is 50.7 Å². The SMILES string of the molecule is CCOC(=O)C1=C(C)N=c2s/c(=C\c3cc(Br)cc(Br)c3OC(C)=O)c(=O)n2[C@@H]1c1ccc(C(C)C)cc1. The number of ether oxygens (including phenoxy) is 2. The Morgan fingerprint density at radius 2 is 1.87 bits per heavy atom. The Labute approximate surface area is 240 Å². The summed E-state index contributed by atoms with van der Waals surface area (Å²) in [6.45, 7) is 9.23. The van der Waals surface area contributed by atoms with Gasteiger partial charge in [-0.25, -0.2) is 9.79 Å². The summed E-state index contributed by atoms with van der Waals surface area (Å²) in [4.78, 5) is 43.8. The number of allylic oxidation sites excluding steroid dienone is 1. The molecule has 3 aromatic rings. The van der Waals surface area contributed by atoms with Crippen LogP contribution in [0.2, 0.25) is 0 Å². The van der Waals surface area contributed by atoms with Crippen LogP contribution in [0.15, 0.2) is 66.4 Å². The molecule has 2 aromatic carbocycles. The van der Waals surface area contributed by atoms with Crippen LogP contribution in [-0.4, -0.2) is 23.1 Å². The van der Waals surface area contributed by atoms with Gasteiger partial charge in [0.2, 0.25) is 0 Å². The van der Waals surface area contributed by atoms with E-state index in [1.54, 1.807) is 36.6 Å². The fraction of sp³-hybridized carbons (Fsp3) is 0.286. The van der Waals surface area contributed by atoms with Gasteiger partial charge in [0.1, 0.15) is 0 Å². The summed E-state index contributed by atoms with van der Waals surface area (Å²) in [5.41, 5.74) is 2.98. The van der Waals surface area contributed by atoms with Crippen molar-refractivity contribution in [1.82, 2.24) is 4.57 Å². The topological polar surface area (TPSA) is 87.0 Å². The average molecular weight is 662 g/mol. The van der Waals surface area contributed by atoms with Gasteiger partial charge >= 0.3 is 11.9 Å². The fourth-order valence-electron chi connectivity index (χ4n) is 4.25. The molecule has 38 heavy (non-hydrogen) atoms. The molecule has 4 rings (SSSR count). The van der Waals surface area contributed by atoms with Crippen LogP contribution >= 0.6 is 43.2 Å². The molecule has 1 aliphatic rings.